The van der Waals surface area contributed by atoms with Crippen LogP contribution in [0.3, 0.4) is 0 Å². The first-order valence-electron chi connectivity index (χ1n) is 8.86. The van der Waals surface area contributed by atoms with E-state index in [-0.39, 0.29) is 29.3 Å². The lowest BCUT2D eigenvalue weighted by molar-refractivity contribution is -0.385. The fourth-order valence-corrected chi connectivity index (χ4v) is 4.78. The van der Waals surface area contributed by atoms with E-state index in [4.69, 9.17) is 0 Å². The molecule has 1 aliphatic heterocycles. The van der Waals surface area contributed by atoms with Gasteiger partial charge in [0.1, 0.15) is 5.82 Å². The monoisotopic (exact) mass is 352 g/mol. The normalized spacial score (nSPS) is 23.3. The van der Waals surface area contributed by atoms with Crippen LogP contribution in [0.5, 0.6) is 0 Å². The van der Waals surface area contributed by atoms with E-state index in [1.54, 1.807) is 0 Å². The van der Waals surface area contributed by atoms with Gasteiger partial charge < -0.3 is 5.32 Å². The number of hydrogen-bond acceptors (Lipinski definition) is 3. The Morgan fingerprint density at radius 2 is 1.85 bits per heavy atom. The molecule has 2 aliphatic rings. The third kappa shape index (κ3) is 2.42. The second-order valence-corrected chi connectivity index (χ2v) is 7.40. The van der Waals surface area contributed by atoms with Crippen LogP contribution in [0.25, 0.3) is 0 Å². The van der Waals surface area contributed by atoms with E-state index in [9.17, 15) is 14.5 Å². The first-order chi connectivity index (χ1) is 12.4. The minimum absolute atomic E-state index is 0.00810. The molecule has 0 bridgehead atoms. The van der Waals surface area contributed by atoms with Gasteiger partial charge in [-0.1, -0.05) is 29.8 Å². The Hall–Kier alpha value is -2.69. The molecule has 4 nitrogen and oxygen atoms in total. The van der Waals surface area contributed by atoms with E-state index >= 15 is 0 Å². The van der Waals surface area contributed by atoms with Crippen molar-refractivity contribution in [3.8, 4) is 0 Å². The first-order valence-corrected chi connectivity index (χ1v) is 8.86. The van der Waals surface area contributed by atoms with Crippen LogP contribution in [0.1, 0.15) is 46.2 Å². The van der Waals surface area contributed by atoms with Gasteiger partial charge in [0.15, 0.2) is 0 Å². The highest BCUT2D eigenvalue weighted by molar-refractivity contribution is 5.68. The molecule has 4 rings (SSSR count). The van der Waals surface area contributed by atoms with E-state index in [0.717, 1.165) is 6.42 Å². The molecule has 0 saturated carbocycles. The summed E-state index contributed by atoms with van der Waals surface area (Å²) >= 11 is 0. The van der Waals surface area contributed by atoms with Gasteiger partial charge in [-0.15, -0.1) is 0 Å². The number of nitro benzene ring substituents is 1. The van der Waals surface area contributed by atoms with Crippen molar-refractivity contribution in [3.05, 3.63) is 80.2 Å². The van der Waals surface area contributed by atoms with Crippen molar-refractivity contribution in [2.75, 3.05) is 5.32 Å². The molecule has 1 aliphatic carbocycles. The summed E-state index contributed by atoms with van der Waals surface area (Å²) in [6, 6.07) is 6.68. The van der Waals surface area contributed by atoms with Crippen molar-refractivity contribution >= 4 is 11.4 Å². The van der Waals surface area contributed by atoms with Crippen LogP contribution < -0.4 is 5.32 Å². The largest absolute Gasteiger partial charge is 0.375 e. The van der Waals surface area contributed by atoms with Gasteiger partial charge in [-0.3, -0.25) is 10.1 Å². The Kier molecular flexibility index (Phi) is 3.83. The number of nitrogens with one attached hydrogen (secondary N) is 1. The number of fused-ring (bicyclic) bond motifs is 3. The van der Waals surface area contributed by atoms with Crippen molar-refractivity contribution in [1.29, 1.82) is 0 Å². The molecular formula is C21H21FN2O2. The van der Waals surface area contributed by atoms with Crippen LogP contribution in [0.2, 0.25) is 0 Å². The third-order valence-electron chi connectivity index (χ3n) is 5.69. The maximum atomic E-state index is 14.6. The Bertz CT molecular complexity index is 928. The number of allylic oxidation sites excluding steroid dienone is 2. The van der Waals surface area contributed by atoms with E-state index in [1.807, 2.05) is 6.08 Å². The molecule has 0 aromatic heterocycles. The van der Waals surface area contributed by atoms with Gasteiger partial charge in [0.25, 0.3) is 5.69 Å². The van der Waals surface area contributed by atoms with Crippen LogP contribution in [-0.2, 0) is 0 Å². The molecule has 3 atom stereocenters. The summed E-state index contributed by atoms with van der Waals surface area (Å²) in [5.41, 5.74) is 5.45. The van der Waals surface area contributed by atoms with E-state index in [1.165, 1.54) is 34.4 Å². The van der Waals surface area contributed by atoms with Crippen molar-refractivity contribution < 1.29 is 9.31 Å². The summed E-state index contributed by atoms with van der Waals surface area (Å²) in [5, 5.41) is 14.8. The molecule has 0 radical (unpaired) electrons. The van der Waals surface area contributed by atoms with Gasteiger partial charge in [0.05, 0.1) is 22.2 Å². The smallest absolute Gasteiger partial charge is 0.275 e. The molecule has 0 saturated heterocycles. The summed E-state index contributed by atoms with van der Waals surface area (Å²) in [6.45, 7) is 6.22. The molecule has 2 aromatic rings. The van der Waals surface area contributed by atoms with Crippen molar-refractivity contribution in [3.63, 3.8) is 0 Å². The molecule has 134 valence electrons. The summed E-state index contributed by atoms with van der Waals surface area (Å²) in [6.07, 6.45) is 4.89. The zero-order chi connectivity index (χ0) is 18.6. The maximum Gasteiger partial charge on any atom is 0.275 e. The summed E-state index contributed by atoms with van der Waals surface area (Å²) in [7, 11) is 0. The van der Waals surface area contributed by atoms with Crippen molar-refractivity contribution in [2.45, 2.75) is 39.2 Å². The number of nitro groups is 1. The van der Waals surface area contributed by atoms with Crippen molar-refractivity contribution in [2.24, 2.45) is 5.92 Å². The van der Waals surface area contributed by atoms with Crippen LogP contribution in [0.4, 0.5) is 15.8 Å². The van der Waals surface area contributed by atoms with E-state index in [0.29, 0.717) is 5.56 Å². The SMILES string of the molecule is Cc1cc(C)c(C2Nc3c(F)ccc([N+](=O)[O-])c3C3C=CCC32)c(C)c1. The average molecular weight is 352 g/mol. The Morgan fingerprint density at radius 3 is 2.50 bits per heavy atom. The lowest BCUT2D eigenvalue weighted by Crippen LogP contribution is -2.31. The average Bonchev–Trinajstić information content (AvgIpc) is 3.04. The minimum Gasteiger partial charge on any atom is -0.375 e. The fraction of sp³-hybridized carbons (Fsp3) is 0.333. The topological polar surface area (TPSA) is 55.2 Å². The summed E-state index contributed by atoms with van der Waals surface area (Å²) in [5.74, 6) is -0.438. The molecule has 0 spiro atoms. The molecule has 3 unspecified atom stereocenters. The van der Waals surface area contributed by atoms with Crippen molar-refractivity contribution in [1.82, 2.24) is 0 Å². The highest BCUT2D eigenvalue weighted by Gasteiger charge is 2.43. The molecule has 26 heavy (non-hydrogen) atoms. The zero-order valence-electron chi connectivity index (χ0n) is 15.0. The van der Waals surface area contributed by atoms with Crippen LogP contribution >= 0.6 is 0 Å². The summed E-state index contributed by atoms with van der Waals surface area (Å²) in [4.78, 5) is 11.1. The first kappa shape index (κ1) is 16.8. The van der Waals surface area contributed by atoms with Gasteiger partial charge in [-0.05, 0) is 55.9 Å². The molecule has 1 heterocycles. The number of anilines is 1. The van der Waals surface area contributed by atoms with Gasteiger partial charge in [0.2, 0.25) is 0 Å². The van der Waals surface area contributed by atoms with Crippen LogP contribution in [-0.4, -0.2) is 4.92 Å². The molecule has 1 N–H and O–H groups in total. The van der Waals surface area contributed by atoms with Gasteiger partial charge in [-0.25, -0.2) is 4.39 Å². The quantitative estimate of drug-likeness (QED) is 0.442. The van der Waals surface area contributed by atoms with Crippen LogP contribution in [0.15, 0.2) is 36.4 Å². The maximum absolute atomic E-state index is 14.6. The Balaban J connectivity index is 1.91. The number of rotatable bonds is 2. The predicted molar refractivity (Wildman–Crippen MR) is 100 cm³/mol. The second kappa shape index (κ2) is 5.94. The van der Waals surface area contributed by atoms with E-state index < -0.39 is 10.7 Å². The lowest BCUT2D eigenvalue weighted by atomic mass is 9.74. The number of halogens is 1. The Morgan fingerprint density at radius 1 is 1.15 bits per heavy atom. The predicted octanol–water partition coefficient (Wildman–Crippen LogP) is 5.49. The number of nitrogens with zero attached hydrogens (tertiary/aromatic N) is 1. The van der Waals surface area contributed by atoms with Gasteiger partial charge in [-0.2, -0.15) is 0 Å². The van der Waals surface area contributed by atoms with Gasteiger partial charge in [0, 0.05) is 12.0 Å². The number of hydrogen-bond donors (Lipinski definition) is 1. The lowest BCUT2D eigenvalue weighted by Gasteiger charge is -2.38. The highest BCUT2D eigenvalue weighted by Crippen LogP contribution is 2.53. The molecule has 0 amide bonds. The Labute approximate surface area is 151 Å². The molecular weight excluding hydrogens is 331 g/mol. The number of aryl methyl sites for hydroxylation is 3. The minimum atomic E-state index is -0.434. The third-order valence-corrected chi connectivity index (χ3v) is 5.69. The second-order valence-electron chi connectivity index (χ2n) is 7.40. The van der Waals surface area contributed by atoms with Crippen LogP contribution in [0, 0.1) is 42.6 Å². The number of benzene rings is 2. The zero-order valence-corrected chi connectivity index (χ0v) is 15.0. The molecule has 2 aromatic carbocycles. The highest BCUT2D eigenvalue weighted by atomic mass is 19.1. The standard InChI is InChI=1S/C21H21FN2O2/c1-11-9-12(2)18(13(3)10-11)20-15-6-4-5-14(15)19-17(24(25)26)8-7-16(22)21(19)23-20/h4-5,7-10,14-15,20,23H,6H2,1-3H3. The molecule has 5 heteroatoms. The van der Waals surface area contributed by atoms with Gasteiger partial charge >= 0.3 is 0 Å². The molecule has 0 fully saturated rings. The fourth-order valence-electron chi connectivity index (χ4n) is 4.78. The van der Waals surface area contributed by atoms with E-state index in [2.05, 4.69) is 44.3 Å². The summed E-state index contributed by atoms with van der Waals surface area (Å²) < 4.78 is 14.6.